The van der Waals surface area contributed by atoms with Gasteiger partial charge in [-0.3, -0.25) is 9.59 Å². The first kappa shape index (κ1) is 20.2. The number of halogens is 1. The highest BCUT2D eigenvalue weighted by atomic mass is 19.1. The number of amides is 2. The number of carbonyl (C=O) groups is 2. The molecular formula is C23H19FN4O3. The Morgan fingerprint density at radius 1 is 1.06 bits per heavy atom. The van der Waals surface area contributed by atoms with E-state index >= 15 is 0 Å². The van der Waals surface area contributed by atoms with E-state index in [9.17, 15) is 14.0 Å². The van der Waals surface area contributed by atoms with Gasteiger partial charge in [-0.05, 0) is 30.7 Å². The maximum Gasteiger partial charge on any atom is 0.259 e. The minimum atomic E-state index is -0.918. The normalized spacial score (nSPS) is 11.8. The minimum Gasteiger partial charge on any atom is -0.357 e. The second kappa shape index (κ2) is 8.35. The Morgan fingerprint density at radius 3 is 2.48 bits per heavy atom. The van der Waals surface area contributed by atoms with Crippen molar-refractivity contribution in [2.75, 3.05) is 7.05 Å². The van der Waals surface area contributed by atoms with Crippen molar-refractivity contribution in [3.8, 4) is 11.3 Å². The number of likely N-dealkylation sites (N-methyl/N-ethyl adjacent to an activating group) is 1. The summed E-state index contributed by atoms with van der Waals surface area (Å²) in [6.45, 7) is 1.68. The average molecular weight is 418 g/mol. The fourth-order valence-corrected chi connectivity index (χ4v) is 3.38. The number of aromatic nitrogens is 2. The SMILES string of the molecule is CNC(=O)[C@H](NC(=O)c1cc(-c2ccccc2F)nc2onc(C)c12)c1ccccc1. The van der Waals surface area contributed by atoms with E-state index in [1.54, 1.807) is 49.4 Å². The predicted octanol–water partition coefficient (Wildman–Crippen LogP) is 3.55. The number of benzene rings is 2. The van der Waals surface area contributed by atoms with E-state index in [-0.39, 0.29) is 28.4 Å². The number of hydrogen-bond acceptors (Lipinski definition) is 5. The van der Waals surface area contributed by atoms with Crippen LogP contribution in [0.25, 0.3) is 22.4 Å². The molecule has 0 saturated carbocycles. The smallest absolute Gasteiger partial charge is 0.259 e. The molecule has 156 valence electrons. The summed E-state index contributed by atoms with van der Waals surface area (Å²) in [6, 6.07) is 15.5. The first-order chi connectivity index (χ1) is 15.0. The molecule has 1 atom stereocenters. The van der Waals surface area contributed by atoms with Crippen LogP contribution in [-0.4, -0.2) is 29.0 Å². The van der Waals surface area contributed by atoms with E-state index in [0.29, 0.717) is 16.6 Å². The van der Waals surface area contributed by atoms with Crippen LogP contribution in [0.4, 0.5) is 4.39 Å². The molecule has 0 radical (unpaired) electrons. The van der Waals surface area contributed by atoms with Gasteiger partial charge >= 0.3 is 0 Å². The van der Waals surface area contributed by atoms with Crippen LogP contribution in [0.2, 0.25) is 0 Å². The molecule has 2 heterocycles. The number of carbonyl (C=O) groups excluding carboxylic acids is 2. The lowest BCUT2D eigenvalue weighted by molar-refractivity contribution is -0.122. The molecule has 2 N–H and O–H groups in total. The summed E-state index contributed by atoms with van der Waals surface area (Å²) in [4.78, 5) is 30.1. The molecule has 4 rings (SSSR count). The van der Waals surface area contributed by atoms with Gasteiger partial charge in [0, 0.05) is 12.6 Å². The number of rotatable bonds is 5. The Bertz CT molecular complexity index is 1270. The monoisotopic (exact) mass is 418 g/mol. The molecule has 7 nitrogen and oxygen atoms in total. The molecule has 2 aromatic heterocycles. The van der Waals surface area contributed by atoms with Gasteiger partial charge in [-0.2, -0.15) is 0 Å². The topological polar surface area (TPSA) is 97.1 Å². The standard InChI is InChI=1S/C23H19FN4O3/c1-13-19-16(21(29)27-20(22(30)25-2)14-8-4-3-5-9-14)12-18(26-23(19)31-28-13)15-10-6-7-11-17(15)24/h3-12,20H,1-2H3,(H,25,30)(H,27,29)/t20-/m1/s1. The molecule has 4 aromatic rings. The number of pyridine rings is 1. The average Bonchev–Trinajstić information content (AvgIpc) is 3.17. The summed E-state index contributed by atoms with van der Waals surface area (Å²) >= 11 is 0. The van der Waals surface area contributed by atoms with Crippen LogP contribution >= 0.6 is 0 Å². The fourth-order valence-electron chi connectivity index (χ4n) is 3.38. The lowest BCUT2D eigenvalue weighted by Crippen LogP contribution is -2.39. The van der Waals surface area contributed by atoms with Crippen molar-refractivity contribution in [1.29, 1.82) is 0 Å². The van der Waals surface area contributed by atoms with Gasteiger partial charge in [0.05, 0.1) is 22.3 Å². The van der Waals surface area contributed by atoms with E-state index < -0.39 is 17.8 Å². The first-order valence-corrected chi connectivity index (χ1v) is 9.59. The molecule has 0 bridgehead atoms. The zero-order valence-electron chi connectivity index (χ0n) is 16.8. The molecule has 0 saturated heterocycles. The summed E-state index contributed by atoms with van der Waals surface area (Å²) in [5.41, 5.74) is 1.83. The zero-order chi connectivity index (χ0) is 22.0. The third-order valence-electron chi connectivity index (χ3n) is 4.93. The van der Waals surface area contributed by atoms with E-state index in [0.717, 1.165) is 0 Å². The molecule has 0 aliphatic heterocycles. The second-order valence-electron chi connectivity index (χ2n) is 6.91. The maximum absolute atomic E-state index is 14.4. The first-order valence-electron chi connectivity index (χ1n) is 9.59. The van der Waals surface area contributed by atoms with E-state index in [1.807, 2.05) is 6.07 Å². The van der Waals surface area contributed by atoms with Gasteiger partial charge in [0.25, 0.3) is 11.6 Å². The van der Waals surface area contributed by atoms with Crippen molar-refractivity contribution in [2.24, 2.45) is 0 Å². The third kappa shape index (κ3) is 3.87. The largest absolute Gasteiger partial charge is 0.357 e. The Labute approximate surface area is 177 Å². The van der Waals surface area contributed by atoms with Crippen molar-refractivity contribution in [2.45, 2.75) is 13.0 Å². The quantitative estimate of drug-likeness (QED) is 0.517. The Morgan fingerprint density at radius 2 is 1.77 bits per heavy atom. The molecule has 0 aliphatic carbocycles. The zero-order valence-corrected chi connectivity index (χ0v) is 16.8. The number of aryl methyl sites for hydroxylation is 1. The summed E-state index contributed by atoms with van der Waals surface area (Å²) in [5.74, 6) is -1.39. The van der Waals surface area contributed by atoms with Crippen LogP contribution in [0.1, 0.15) is 27.7 Å². The van der Waals surface area contributed by atoms with Crippen molar-refractivity contribution < 1.29 is 18.5 Å². The second-order valence-corrected chi connectivity index (χ2v) is 6.91. The lowest BCUT2D eigenvalue weighted by atomic mass is 10.0. The Kier molecular flexibility index (Phi) is 5.44. The van der Waals surface area contributed by atoms with Gasteiger partial charge in [0.2, 0.25) is 5.91 Å². The van der Waals surface area contributed by atoms with E-state index in [4.69, 9.17) is 4.52 Å². The summed E-state index contributed by atoms with van der Waals surface area (Å²) in [6.07, 6.45) is 0. The molecule has 2 amide bonds. The van der Waals surface area contributed by atoms with Crippen molar-refractivity contribution in [3.63, 3.8) is 0 Å². The van der Waals surface area contributed by atoms with Crippen LogP contribution in [0, 0.1) is 12.7 Å². The van der Waals surface area contributed by atoms with Gasteiger partial charge in [-0.15, -0.1) is 0 Å². The van der Waals surface area contributed by atoms with Gasteiger partial charge in [-0.25, -0.2) is 9.37 Å². The molecule has 0 unspecified atom stereocenters. The van der Waals surface area contributed by atoms with Crippen LogP contribution in [0.15, 0.2) is 65.2 Å². The highest BCUT2D eigenvalue weighted by molar-refractivity contribution is 6.08. The predicted molar refractivity (Wildman–Crippen MR) is 113 cm³/mol. The van der Waals surface area contributed by atoms with E-state index in [2.05, 4.69) is 20.8 Å². The Balaban J connectivity index is 1.80. The third-order valence-corrected chi connectivity index (χ3v) is 4.93. The summed E-state index contributed by atoms with van der Waals surface area (Å²) < 4.78 is 19.6. The van der Waals surface area contributed by atoms with Crippen molar-refractivity contribution >= 4 is 22.9 Å². The molecule has 2 aromatic carbocycles. The summed E-state index contributed by atoms with van der Waals surface area (Å²) in [7, 11) is 1.50. The number of nitrogens with one attached hydrogen (secondary N) is 2. The molecular weight excluding hydrogens is 399 g/mol. The van der Waals surface area contributed by atoms with Gasteiger partial charge in [-0.1, -0.05) is 47.6 Å². The summed E-state index contributed by atoms with van der Waals surface area (Å²) in [5, 5.41) is 9.62. The number of hydrogen-bond donors (Lipinski definition) is 2. The molecule has 8 heteroatoms. The van der Waals surface area contributed by atoms with Gasteiger partial charge < -0.3 is 15.2 Å². The van der Waals surface area contributed by atoms with E-state index in [1.165, 1.54) is 19.2 Å². The number of fused-ring (bicyclic) bond motifs is 1. The highest BCUT2D eigenvalue weighted by Crippen LogP contribution is 2.29. The number of nitrogens with zero attached hydrogens (tertiary/aromatic N) is 2. The van der Waals surface area contributed by atoms with Crippen LogP contribution in [0.3, 0.4) is 0 Å². The van der Waals surface area contributed by atoms with Crippen molar-refractivity contribution in [1.82, 2.24) is 20.8 Å². The molecule has 31 heavy (non-hydrogen) atoms. The van der Waals surface area contributed by atoms with Gasteiger partial charge in [0.15, 0.2) is 0 Å². The Hall–Kier alpha value is -4.07. The molecule has 0 spiro atoms. The van der Waals surface area contributed by atoms with Crippen LogP contribution < -0.4 is 10.6 Å². The van der Waals surface area contributed by atoms with Gasteiger partial charge in [0.1, 0.15) is 11.9 Å². The van der Waals surface area contributed by atoms with Crippen LogP contribution in [0.5, 0.6) is 0 Å². The van der Waals surface area contributed by atoms with Crippen molar-refractivity contribution in [3.05, 3.63) is 83.3 Å². The molecule has 0 aliphatic rings. The maximum atomic E-state index is 14.4. The highest BCUT2D eigenvalue weighted by Gasteiger charge is 2.26. The lowest BCUT2D eigenvalue weighted by Gasteiger charge is -2.18. The fraction of sp³-hybridized carbons (Fsp3) is 0.130. The molecule has 0 fully saturated rings. The van der Waals surface area contributed by atoms with Crippen LogP contribution in [-0.2, 0) is 4.79 Å². The minimum absolute atomic E-state index is 0.111.